The molecule has 3 aromatic rings. The van der Waals surface area contributed by atoms with Crippen LogP contribution in [0.1, 0.15) is 22.4 Å². The molecular formula is C23H26N4O2. The van der Waals surface area contributed by atoms with Crippen LogP contribution in [0.3, 0.4) is 0 Å². The van der Waals surface area contributed by atoms with E-state index in [1.54, 1.807) is 22.7 Å². The first-order valence-electron chi connectivity index (χ1n) is 9.58. The zero-order valence-electron chi connectivity index (χ0n) is 17.1. The molecule has 150 valence electrons. The fourth-order valence-electron chi connectivity index (χ4n) is 2.95. The third-order valence-electron chi connectivity index (χ3n) is 4.41. The molecule has 29 heavy (non-hydrogen) atoms. The second-order valence-electron chi connectivity index (χ2n) is 7.09. The Morgan fingerprint density at radius 3 is 2.59 bits per heavy atom. The predicted molar refractivity (Wildman–Crippen MR) is 114 cm³/mol. The van der Waals surface area contributed by atoms with Crippen LogP contribution in [-0.2, 0) is 11.3 Å². The number of benzene rings is 2. The van der Waals surface area contributed by atoms with Crippen molar-refractivity contribution in [2.24, 2.45) is 0 Å². The van der Waals surface area contributed by atoms with E-state index >= 15 is 0 Å². The van der Waals surface area contributed by atoms with E-state index in [1.807, 2.05) is 62.5 Å². The lowest BCUT2D eigenvalue weighted by molar-refractivity contribution is -0.125. The maximum atomic E-state index is 12.3. The van der Waals surface area contributed by atoms with Gasteiger partial charge < -0.3 is 9.64 Å². The monoisotopic (exact) mass is 390 g/mol. The molecule has 0 unspecified atom stereocenters. The van der Waals surface area contributed by atoms with Crippen molar-refractivity contribution in [1.29, 1.82) is 0 Å². The molecule has 6 nitrogen and oxygen atoms in total. The minimum absolute atomic E-state index is 0.105. The Hall–Kier alpha value is -3.41. The minimum atomic E-state index is -0.105. The second-order valence-corrected chi connectivity index (χ2v) is 7.09. The summed E-state index contributed by atoms with van der Waals surface area (Å²) in [7, 11) is 1.75. The smallest absolute Gasteiger partial charge is 0.246 e. The largest absolute Gasteiger partial charge is 0.492 e. The molecule has 2 aromatic carbocycles. The molecule has 0 aliphatic rings. The van der Waals surface area contributed by atoms with Crippen LogP contribution in [0.25, 0.3) is 6.08 Å². The summed E-state index contributed by atoms with van der Waals surface area (Å²) in [5, 5.41) is 8.19. The highest BCUT2D eigenvalue weighted by Gasteiger charge is 2.06. The van der Waals surface area contributed by atoms with Crippen molar-refractivity contribution in [3.05, 3.63) is 83.2 Å². The number of nitrogens with zero attached hydrogens (tertiary/aromatic N) is 4. The van der Waals surface area contributed by atoms with Crippen LogP contribution in [0.2, 0.25) is 0 Å². The van der Waals surface area contributed by atoms with E-state index in [0.29, 0.717) is 25.4 Å². The van der Waals surface area contributed by atoms with E-state index in [-0.39, 0.29) is 5.91 Å². The Labute approximate surface area is 171 Å². The number of aromatic nitrogens is 3. The van der Waals surface area contributed by atoms with Crippen LogP contribution in [0, 0.1) is 13.8 Å². The number of amides is 1. The molecule has 0 saturated carbocycles. The molecule has 6 heteroatoms. The van der Waals surface area contributed by atoms with Crippen molar-refractivity contribution < 1.29 is 9.53 Å². The van der Waals surface area contributed by atoms with Gasteiger partial charge in [0, 0.05) is 13.1 Å². The maximum Gasteiger partial charge on any atom is 0.246 e. The zero-order valence-corrected chi connectivity index (χ0v) is 17.1. The lowest BCUT2D eigenvalue weighted by Gasteiger charge is -2.16. The summed E-state index contributed by atoms with van der Waals surface area (Å²) in [6.07, 6.45) is 5.01. The van der Waals surface area contributed by atoms with E-state index in [2.05, 4.69) is 16.4 Å². The van der Waals surface area contributed by atoms with Crippen molar-refractivity contribution in [2.45, 2.75) is 20.4 Å². The summed E-state index contributed by atoms with van der Waals surface area (Å²) >= 11 is 0. The molecule has 0 N–H and O–H groups in total. The van der Waals surface area contributed by atoms with Crippen LogP contribution in [0.4, 0.5) is 0 Å². The molecule has 0 radical (unpaired) electrons. The number of likely N-dealkylation sites (N-methyl/N-ethyl adjacent to an activating group) is 1. The van der Waals surface area contributed by atoms with Gasteiger partial charge >= 0.3 is 0 Å². The average Bonchev–Trinajstić information content (AvgIpc) is 3.13. The molecule has 0 fully saturated rings. The number of hydrogen-bond donors (Lipinski definition) is 0. The molecular weight excluding hydrogens is 364 g/mol. The number of aryl methyl sites for hydroxylation is 2. The van der Waals surface area contributed by atoms with Crippen LogP contribution in [0.5, 0.6) is 5.75 Å². The fourth-order valence-corrected chi connectivity index (χ4v) is 2.95. The van der Waals surface area contributed by atoms with Crippen LogP contribution in [0.15, 0.2) is 60.8 Å². The highest BCUT2D eigenvalue weighted by atomic mass is 16.5. The first-order valence-corrected chi connectivity index (χ1v) is 9.58. The molecule has 1 amide bonds. The number of hydrogen-bond acceptors (Lipinski definition) is 4. The van der Waals surface area contributed by atoms with Gasteiger partial charge in [0.1, 0.15) is 18.1 Å². The van der Waals surface area contributed by atoms with Crippen molar-refractivity contribution in [1.82, 2.24) is 19.9 Å². The Kier molecular flexibility index (Phi) is 6.79. The molecule has 0 spiro atoms. The Bertz CT molecular complexity index is 959. The normalized spacial score (nSPS) is 11.0. The molecule has 1 aromatic heterocycles. The first kappa shape index (κ1) is 20.3. The summed E-state index contributed by atoms with van der Waals surface area (Å²) in [6, 6.07) is 16.1. The van der Waals surface area contributed by atoms with Gasteiger partial charge in [-0.2, -0.15) is 0 Å². The van der Waals surface area contributed by atoms with Gasteiger partial charge in [-0.25, -0.2) is 4.68 Å². The van der Waals surface area contributed by atoms with Crippen LogP contribution in [-0.4, -0.2) is 46.0 Å². The van der Waals surface area contributed by atoms with Gasteiger partial charge in [0.25, 0.3) is 0 Å². The van der Waals surface area contributed by atoms with Gasteiger partial charge in [-0.05, 0) is 48.7 Å². The lowest BCUT2D eigenvalue weighted by Crippen LogP contribution is -2.29. The van der Waals surface area contributed by atoms with E-state index in [4.69, 9.17) is 4.74 Å². The van der Waals surface area contributed by atoms with E-state index < -0.39 is 0 Å². The highest BCUT2D eigenvalue weighted by molar-refractivity contribution is 5.91. The summed E-state index contributed by atoms with van der Waals surface area (Å²) in [5.41, 5.74) is 4.11. The number of rotatable bonds is 8. The van der Waals surface area contributed by atoms with Gasteiger partial charge in [-0.1, -0.05) is 41.6 Å². The molecule has 0 bridgehead atoms. The average molecular weight is 390 g/mol. The predicted octanol–water partition coefficient (Wildman–Crippen LogP) is 3.49. The van der Waals surface area contributed by atoms with E-state index in [0.717, 1.165) is 22.4 Å². The molecule has 0 atom stereocenters. The maximum absolute atomic E-state index is 12.3. The van der Waals surface area contributed by atoms with Gasteiger partial charge in [-0.15, -0.1) is 5.10 Å². The third kappa shape index (κ3) is 6.31. The first-order chi connectivity index (χ1) is 14.0. The third-order valence-corrected chi connectivity index (χ3v) is 4.41. The second kappa shape index (κ2) is 9.68. The van der Waals surface area contributed by atoms with Crippen molar-refractivity contribution in [2.75, 3.05) is 20.2 Å². The van der Waals surface area contributed by atoms with Crippen LogP contribution < -0.4 is 4.74 Å². The quantitative estimate of drug-likeness (QED) is 0.553. The summed E-state index contributed by atoms with van der Waals surface area (Å²) in [6.45, 7) is 5.65. The van der Waals surface area contributed by atoms with Crippen molar-refractivity contribution in [3.8, 4) is 5.75 Å². The summed E-state index contributed by atoms with van der Waals surface area (Å²) in [5.74, 6) is 0.723. The molecule has 0 aliphatic carbocycles. The number of carbonyl (C=O) groups is 1. The standard InChI is InChI=1S/C23H26N4O2/c1-18-13-19(2)15-22(14-18)29-12-11-26(3)23(28)10-9-21-17-27(25-24-21)16-20-7-5-4-6-8-20/h4-10,13-15,17H,11-12,16H2,1-3H3/b10-9+. The summed E-state index contributed by atoms with van der Waals surface area (Å²) in [4.78, 5) is 13.9. The molecule has 1 heterocycles. The lowest BCUT2D eigenvalue weighted by atomic mass is 10.1. The minimum Gasteiger partial charge on any atom is -0.492 e. The topological polar surface area (TPSA) is 60.2 Å². The van der Waals surface area contributed by atoms with E-state index in [1.165, 1.54) is 6.08 Å². The fraction of sp³-hybridized carbons (Fsp3) is 0.261. The molecule has 3 rings (SSSR count). The van der Waals surface area contributed by atoms with Crippen LogP contribution >= 0.6 is 0 Å². The SMILES string of the molecule is Cc1cc(C)cc(OCCN(C)C(=O)/C=C/c2cn(Cc3ccccc3)nn2)c1. The highest BCUT2D eigenvalue weighted by Crippen LogP contribution is 2.16. The Morgan fingerprint density at radius 1 is 1.14 bits per heavy atom. The summed E-state index contributed by atoms with van der Waals surface area (Å²) < 4.78 is 7.52. The van der Waals surface area contributed by atoms with Crippen molar-refractivity contribution >= 4 is 12.0 Å². The molecule has 0 saturated heterocycles. The van der Waals surface area contributed by atoms with Crippen molar-refractivity contribution in [3.63, 3.8) is 0 Å². The van der Waals surface area contributed by atoms with Gasteiger partial charge in [0.15, 0.2) is 0 Å². The van der Waals surface area contributed by atoms with Gasteiger partial charge in [-0.3, -0.25) is 4.79 Å². The van der Waals surface area contributed by atoms with E-state index in [9.17, 15) is 4.79 Å². The Balaban J connectivity index is 1.47. The number of ether oxygens (including phenoxy) is 1. The van der Waals surface area contributed by atoms with Gasteiger partial charge in [0.05, 0.1) is 19.3 Å². The Morgan fingerprint density at radius 2 is 1.86 bits per heavy atom. The zero-order chi connectivity index (χ0) is 20.6. The number of carbonyl (C=O) groups excluding carboxylic acids is 1. The molecule has 0 aliphatic heterocycles. The van der Waals surface area contributed by atoms with Gasteiger partial charge in [0.2, 0.25) is 5.91 Å².